The molecule has 1 amide bonds. The molecule has 1 aliphatic rings. The van der Waals surface area contributed by atoms with Gasteiger partial charge in [0.25, 0.3) is 11.7 Å². The Bertz CT molecular complexity index is 909. The van der Waals surface area contributed by atoms with Crippen LogP contribution in [0.25, 0.3) is 0 Å². The number of hydrogen-bond acceptors (Lipinski definition) is 3. The zero-order valence-corrected chi connectivity index (χ0v) is 16.6. The lowest BCUT2D eigenvalue weighted by Crippen LogP contribution is -2.50. The van der Waals surface area contributed by atoms with Crippen molar-refractivity contribution in [3.8, 4) is 0 Å². The Balaban J connectivity index is 1.41. The first-order valence-electron chi connectivity index (χ1n) is 9.58. The Labute approximate surface area is 170 Å². The predicted molar refractivity (Wildman–Crippen MR) is 114 cm³/mol. The number of carbonyl (C=O) groups excluding carboxylic acids is 1. The number of anilines is 1. The van der Waals surface area contributed by atoms with Crippen molar-refractivity contribution in [3.05, 3.63) is 90.1 Å². The maximum absolute atomic E-state index is 13.2. The highest BCUT2D eigenvalue weighted by Gasteiger charge is 2.27. The molecule has 1 aromatic heterocycles. The normalized spacial score (nSPS) is 14.1. The van der Waals surface area contributed by atoms with Crippen LogP contribution in [0.15, 0.2) is 83.9 Å². The number of aromatic nitrogens is 1. The lowest BCUT2D eigenvalue weighted by atomic mass is 10.2. The van der Waals surface area contributed by atoms with E-state index in [2.05, 4.69) is 46.3 Å². The molecule has 0 radical (unpaired) electrons. The SMILES string of the molecule is O=C(c1ccccc1SCc1ccccc1)N1CCN(c2cccc[nH+]2)CC1. The monoisotopic (exact) mass is 390 g/mol. The second kappa shape index (κ2) is 8.93. The van der Waals surface area contributed by atoms with Gasteiger partial charge in [0.1, 0.15) is 13.1 Å². The van der Waals surface area contributed by atoms with Crippen molar-refractivity contribution in [1.82, 2.24) is 4.90 Å². The smallest absolute Gasteiger partial charge is 0.274 e. The molecule has 1 N–H and O–H groups in total. The Morgan fingerprint density at radius 3 is 2.32 bits per heavy atom. The number of thioether (sulfide) groups is 1. The molecule has 28 heavy (non-hydrogen) atoms. The lowest BCUT2D eigenvalue weighted by Gasteiger charge is -2.31. The Morgan fingerprint density at radius 2 is 1.57 bits per heavy atom. The van der Waals surface area contributed by atoms with E-state index >= 15 is 0 Å². The van der Waals surface area contributed by atoms with Crippen molar-refractivity contribution >= 4 is 23.5 Å². The summed E-state index contributed by atoms with van der Waals surface area (Å²) in [5.74, 6) is 2.10. The summed E-state index contributed by atoms with van der Waals surface area (Å²) < 4.78 is 0. The number of pyridine rings is 1. The number of benzene rings is 2. The molecule has 5 heteroatoms. The highest BCUT2D eigenvalue weighted by Crippen LogP contribution is 2.27. The van der Waals surface area contributed by atoms with E-state index < -0.39 is 0 Å². The van der Waals surface area contributed by atoms with Gasteiger partial charge in [0, 0.05) is 16.7 Å². The molecule has 1 saturated heterocycles. The van der Waals surface area contributed by atoms with Gasteiger partial charge in [-0.2, -0.15) is 0 Å². The van der Waals surface area contributed by atoms with Crippen LogP contribution in [-0.4, -0.2) is 37.0 Å². The first-order chi connectivity index (χ1) is 13.8. The molecular weight excluding hydrogens is 366 g/mol. The molecule has 142 valence electrons. The van der Waals surface area contributed by atoms with Gasteiger partial charge in [-0.25, -0.2) is 4.98 Å². The number of piperazine rings is 1. The van der Waals surface area contributed by atoms with Crippen molar-refractivity contribution in [1.29, 1.82) is 0 Å². The molecule has 0 aliphatic carbocycles. The minimum atomic E-state index is 0.132. The summed E-state index contributed by atoms with van der Waals surface area (Å²) in [5.41, 5.74) is 2.07. The third-order valence-corrected chi connectivity index (χ3v) is 6.10. The summed E-state index contributed by atoms with van der Waals surface area (Å²) in [6.45, 7) is 3.15. The molecule has 0 saturated carbocycles. The number of aromatic amines is 1. The van der Waals surface area contributed by atoms with Crippen LogP contribution in [0.1, 0.15) is 15.9 Å². The predicted octanol–water partition coefficient (Wildman–Crippen LogP) is 3.76. The van der Waals surface area contributed by atoms with Gasteiger partial charge in [0.2, 0.25) is 0 Å². The molecule has 0 bridgehead atoms. The number of nitrogens with one attached hydrogen (secondary N) is 1. The van der Waals surface area contributed by atoms with Crippen LogP contribution >= 0.6 is 11.8 Å². The summed E-state index contributed by atoms with van der Waals surface area (Å²) in [6.07, 6.45) is 1.94. The topological polar surface area (TPSA) is 37.7 Å². The molecule has 2 aromatic carbocycles. The quantitative estimate of drug-likeness (QED) is 0.623. The Kier molecular flexibility index (Phi) is 5.92. The summed E-state index contributed by atoms with van der Waals surface area (Å²) in [5, 5.41) is 0. The van der Waals surface area contributed by atoms with Gasteiger partial charge in [-0.05, 0) is 23.8 Å². The van der Waals surface area contributed by atoms with E-state index in [1.165, 1.54) is 5.56 Å². The van der Waals surface area contributed by atoms with Gasteiger partial charge in [0.05, 0.1) is 24.8 Å². The first-order valence-corrected chi connectivity index (χ1v) is 10.6. The van der Waals surface area contributed by atoms with Crippen molar-refractivity contribution in [3.63, 3.8) is 0 Å². The zero-order chi connectivity index (χ0) is 19.2. The van der Waals surface area contributed by atoms with Crippen LogP contribution in [0.3, 0.4) is 0 Å². The standard InChI is InChI=1S/C23H23N3OS/c27-23(26-16-14-25(15-17-26)22-12-6-7-13-24-22)20-10-4-5-11-21(20)28-18-19-8-2-1-3-9-19/h1-13H,14-18H2/p+1. The largest absolute Gasteiger partial charge is 0.331 e. The van der Waals surface area contributed by atoms with Gasteiger partial charge < -0.3 is 4.90 Å². The molecule has 3 aromatic rings. The van der Waals surface area contributed by atoms with Crippen molar-refractivity contribution < 1.29 is 9.78 Å². The lowest BCUT2D eigenvalue weighted by molar-refractivity contribution is -0.364. The Hall–Kier alpha value is -2.79. The van der Waals surface area contributed by atoms with Crippen molar-refractivity contribution in [2.75, 3.05) is 31.1 Å². The van der Waals surface area contributed by atoms with E-state index in [1.54, 1.807) is 11.8 Å². The maximum Gasteiger partial charge on any atom is 0.274 e. The average molecular weight is 391 g/mol. The molecule has 2 heterocycles. The fourth-order valence-corrected chi connectivity index (χ4v) is 4.41. The van der Waals surface area contributed by atoms with E-state index in [9.17, 15) is 4.79 Å². The van der Waals surface area contributed by atoms with Crippen LogP contribution in [0.2, 0.25) is 0 Å². The third-order valence-electron chi connectivity index (χ3n) is 4.95. The fraction of sp³-hybridized carbons (Fsp3) is 0.217. The van der Waals surface area contributed by atoms with E-state index in [4.69, 9.17) is 0 Å². The number of amides is 1. The van der Waals surface area contributed by atoms with Crippen LogP contribution in [0.4, 0.5) is 5.82 Å². The highest BCUT2D eigenvalue weighted by atomic mass is 32.2. The third kappa shape index (κ3) is 4.37. The maximum atomic E-state index is 13.2. The highest BCUT2D eigenvalue weighted by molar-refractivity contribution is 7.98. The van der Waals surface area contributed by atoms with E-state index in [0.29, 0.717) is 0 Å². The summed E-state index contributed by atoms with van der Waals surface area (Å²) in [6, 6.07) is 24.4. The molecule has 4 nitrogen and oxygen atoms in total. The van der Waals surface area contributed by atoms with Crippen LogP contribution in [0, 0.1) is 0 Å². The van der Waals surface area contributed by atoms with E-state index in [1.807, 2.05) is 47.5 Å². The van der Waals surface area contributed by atoms with Gasteiger partial charge >= 0.3 is 0 Å². The molecule has 0 spiro atoms. The van der Waals surface area contributed by atoms with E-state index in [-0.39, 0.29) is 5.91 Å². The number of H-pyrrole nitrogens is 1. The average Bonchev–Trinajstić information content (AvgIpc) is 2.79. The van der Waals surface area contributed by atoms with Crippen LogP contribution in [-0.2, 0) is 5.75 Å². The fourth-order valence-electron chi connectivity index (χ4n) is 3.41. The minimum Gasteiger partial charge on any atom is -0.331 e. The molecular formula is C23H24N3OS+. The first kappa shape index (κ1) is 18.6. The number of nitrogens with zero attached hydrogens (tertiary/aromatic N) is 2. The Morgan fingerprint density at radius 1 is 0.857 bits per heavy atom. The van der Waals surface area contributed by atoms with Gasteiger partial charge in [-0.15, -0.1) is 11.8 Å². The van der Waals surface area contributed by atoms with Gasteiger partial charge in [-0.1, -0.05) is 48.5 Å². The van der Waals surface area contributed by atoms with E-state index in [0.717, 1.165) is 48.2 Å². The molecule has 1 fully saturated rings. The minimum absolute atomic E-state index is 0.132. The summed E-state index contributed by atoms with van der Waals surface area (Å²) in [7, 11) is 0. The summed E-state index contributed by atoms with van der Waals surface area (Å²) in [4.78, 5) is 21.8. The van der Waals surface area contributed by atoms with Crippen molar-refractivity contribution in [2.24, 2.45) is 0 Å². The summed E-state index contributed by atoms with van der Waals surface area (Å²) >= 11 is 1.73. The van der Waals surface area contributed by atoms with Gasteiger partial charge in [0.15, 0.2) is 0 Å². The number of hydrogen-bond donors (Lipinski definition) is 0. The van der Waals surface area contributed by atoms with Crippen LogP contribution < -0.4 is 9.88 Å². The van der Waals surface area contributed by atoms with Crippen LogP contribution in [0.5, 0.6) is 0 Å². The molecule has 0 unspecified atom stereocenters. The van der Waals surface area contributed by atoms with Gasteiger partial charge in [-0.3, -0.25) is 9.69 Å². The molecule has 4 rings (SSSR count). The zero-order valence-electron chi connectivity index (χ0n) is 15.8. The van der Waals surface area contributed by atoms with Crippen molar-refractivity contribution in [2.45, 2.75) is 10.6 Å². The second-order valence-electron chi connectivity index (χ2n) is 6.80. The molecule has 0 atom stereocenters. The number of rotatable bonds is 5. The molecule has 1 aliphatic heterocycles. The number of carbonyl (C=O) groups is 1. The second-order valence-corrected chi connectivity index (χ2v) is 7.81.